The predicted octanol–water partition coefficient (Wildman–Crippen LogP) is 8.20. The Morgan fingerprint density at radius 1 is 0.843 bits per heavy atom. The number of hydrogen-bond donors (Lipinski definition) is 3. The van der Waals surface area contributed by atoms with Gasteiger partial charge in [-0.3, -0.25) is 4.79 Å². The Balaban J connectivity index is 1.19. The summed E-state index contributed by atoms with van der Waals surface area (Å²) in [6.07, 6.45) is 11.7. The van der Waals surface area contributed by atoms with Crippen molar-refractivity contribution in [1.82, 2.24) is 4.90 Å². The first-order valence-electron chi connectivity index (χ1n) is 18.6. The quantitative estimate of drug-likeness (QED) is 0.164. The number of methoxy groups -OCH3 is 1. The van der Waals surface area contributed by atoms with Crippen LogP contribution < -0.4 is 10.1 Å². The zero-order chi connectivity index (χ0) is 35.6. The summed E-state index contributed by atoms with van der Waals surface area (Å²) in [5, 5.41) is 27.2. The number of aliphatic hydroxyl groups excluding tert-OH is 1. The summed E-state index contributed by atoms with van der Waals surface area (Å²) in [6.45, 7) is 5.15. The molecule has 266 valence electrons. The van der Waals surface area contributed by atoms with Crippen LogP contribution in [0.1, 0.15) is 74.7 Å². The fourth-order valence-electron chi connectivity index (χ4n) is 11.5. The highest BCUT2D eigenvalue weighted by molar-refractivity contribution is 6.10. The van der Waals surface area contributed by atoms with Crippen molar-refractivity contribution < 1.29 is 24.5 Å². The molecule has 3 fully saturated rings. The molecule has 9 rings (SSSR count). The number of ketones is 1. The molecule has 3 saturated carbocycles. The largest absolute Gasteiger partial charge is 0.497 e. The Labute approximate surface area is 301 Å². The van der Waals surface area contributed by atoms with Gasteiger partial charge in [-0.25, -0.2) is 4.79 Å². The van der Waals surface area contributed by atoms with Gasteiger partial charge in [-0.15, -0.1) is 0 Å². The Morgan fingerprint density at radius 2 is 1.49 bits per heavy atom. The van der Waals surface area contributed by atoms with Gasteiger partial charge < -0.3 is 25.2 Å². The molecule has 2 bridgehead atoms. The Hall–Kier alpha value is -4.20. The lowest BCUT2D eigenvalue weighted by Gasteiger charge is -2.71. The van der Waals surface area contributed by atoms with Gasteiger partial charge in [0.25, 0.3) is 0 Å². The number of fused-ring (bicyclic) bond motifs is 1. The molecule has 1 unspecified atom stereocenters. The van der Waals surface area contributed by atoms with Gasteiger partial charge >= 0.3 is 6.03 Å². The van der Waals surface area contributed by atoms with Crippen LogP contribution in [0.2, 0.25) is 0 Å². The molecule has 2 spiro atoms. The minimum atomic E-state index is -1.18. The number of ether oxygens (including phenoxy) is 1. The van der Waals surface area contributed by atoms with Crippen LogP contribution >= 0.6 is 0 Å². The molecule has 0 aromatic heterocycles. The normalized spacial score (nSPS) is 35.9. The summed E-state index contributed by atoms with van der Waals surface area (Å²) in [6, 6.07) is 26.5. The summed E-state index contributed by atoms with van der Waals surface area (Å²) in [5.74, 6) is 0.884. The monoisotopic (exact) mass is 686 g/mol. The lowest BCUT2D eigenvalue weighted by Crippen LogP contribution is -2.67. The van der Waals surface area contributed by atoms with Crippen molar-refractivity contribution in [3.05, 3.63) is 120 Å². The maximum atomic E-state index is 14.9. The van der Waals surface area contributed by atoms with Gasteiger partial charge in [-0.05, 0) is 104 Å². The fourth-order valence-corrected chi connectivity index (χ4v) is 11.5. The second kappa shape index (κ2) is 12.2. The number of carbonyl (C=O) groups excluding carboxylic acids is 2. The van der Waals surface area contributed by atoms with Crippen molar-refractivity contribution in [2.24, 2.45) is 33.5 Å². The van der Waals surface area contributed by atoms with Crippen LogP contribution in [0.3, 0.4) is 0 Å². The molecule has 8 atom stereocenters. The SMILES string of the molecule is COc1ccc(C(=O)C2=C[C@@]34C=C[C@@]25[C@@H]2CC[C@@](O)(CN(Cc6ccccc6)C(=O)Nc6ccccc6)[C@@]2(C)CC[C@@H]5[C@@]3(C)CCC(O)C4)cc1. The number of hydrogen-bond acceptors (Lipinski definition) is 5. The third kappa shape index (κ3) is 5.06. The molecule has 0 radical (unpaired) electrons. The van der Waals surface area contributed by atoms with Crippen molar-refractivity contribution in [3.8, 4) is 5.75 Å². The number of amides is 2. The molecular weight excluding hydrogens is 636 g/mol. The number of nitrogens with zero attached hydrogens (tertiary/aromatic N) is 1. The topological polar surface area (TPSA) is 99.1 Å². The molecule has 0 saturated heterocycles. The summed E-state index contributed by atoms with van der Waals surface area (Å²) >= 11 is 0. The fraction of sp³-hybridized carbons (Fsp3) is 0.455. The Morgan fingerprint density at radius 3 is 2.20 bits per heavy atom. The third-order valence-electron chi connectivity index (χ3n) is 14.3. The highest BCUT2D eigenvalue weighted by Gasteiger charge is 2.74. The van der Waals surface area contributed by atoms with Crippen LogP contribution in [0.5, 0.6) is 5.75 Å². The average molecular weight is 687 g/mol. The Bertz CT molecular complexity index is 1880. The van der Waals surface area contributed by atoms with Gasteiger partial charge in [-0.1, -0.05) is 80.6 Å². The number of rotatable bonds is 8. The van der Waals surface area contributed by atoms with E-state index < -0.39 is 27.9 Å². The zero-order valence-corrected chi connectivity index (χ0v) is 30.0. The average Bonchev–Trinajstić information content (AvgIpc) is 3.41. The van der Waals surface area contributed by atoms with Crippen LogP contribution in [0.15, 0.2) is 109 Å². The van der Waals surface area contributed by atoms with Gasteiger partial charge in [-0.2, -0.15) is 0 Å². The van der Waals surface area contributed by atoms with E-state index in [0.29, 0.717) is 36.4 Å². The van der Waals surface area contributed by atoms with Gasteiger partial charge in [0.15, 0.2) is 5.78 Å². The second-order valence-corrected chi connectivity index (χ2v) is 16.5. The Kier molecular flexibility index (Phi) is 8.11. The van der Waals surface area contributed by atoms with Crippen LogP contribution in [0.25, 0.3) is 0 Å². The van der Waals surface area contributed by atoms with E-state index in [9.17, 15) is 19.8 Å². The van der Waals surface area contributed by atoms with E-state index in [1.165, 1.54) is 0 Å². The maximum absolute atomic E-state index is 14.9. The highest BCUT2D eigenvalue weighted by atomic mass is 16.5. The van der Waals surface area contributed by atoms with Gasteiger partial charge in [0.1, 0.15) is 5.75 Å². The van der Waals surface area contributed by atoms with Crippen molar-refractivity contribution in [2.75, 3.05) is 19.0 Å². The number of urea groups is 1. The van der Waals surface area contributed by atoms with E-state index in [1.807, 2.05) is 84.9 Å². The first-order chi connectivity index (χ1) is 24.5. The van der Waals surface area contributed by atoms with Gasteiger partial charge in [0.05, 0.1) is 25.4 Å². The lowest BCUT2D eigenvalue weighted by atomic mass is 9.32. The number of allylic oxidation sites excluding steroid dienone is 4. The van der Waals surface area contributed by atoms with Crippen LogP contribution in [-0.4, -0.2) is 52.3 Å². The summed E-state index contributed by atoms with van der Waals surface area (Å²) in [4.78, 5) is 30.7. The molecule has 3 aromatic rings. The lowest BCUT2D eigenvalue weighted by molar-refractivity contribution is -0.174. The number of aliphatic hydroxyl groups is 2. The zero-order valence-electron chi connectivity index (χ0n) is 30.0. The van der Waals surface area contributed by atoms with E-state index >= 15 is 0 Å². The predicted molar refractivity (Wildman–Crippen MR) is 198 cm³/mol. The number of Topliss-reactive ketones (excluding diaryl/α,β-unsaturated/α-hetero) is 1. The number of carbonyl (C=O) groups is 2. The minimum Gasteiger partial charge on any atom is -0.497 e. The molecule has 3 aromatic carbocycles. The van der Waals surface area contributed by atoms with E-state index in [4.69, 9.17) is 4.74 Å². The standard InChI is InChI=1S/C44H50N2O5/c1-40-21-18-33(47)26-42(40)24-25-44(35(27-42)38(48)31-14-16-34(51-3)17-15-31)36(40)19-22-41(2)37(44)20-23-43(41,50)29-46(28-30-10-6-4-7-11-30)39(49)45-32-12-8-5-9-13-32/h4-17,24-25,27,33,36-37,47,50H,18-23,26,28-29H2,1-3H3,(H,45,49)/t33?,36-,37-,40-,41+,42+,43-,44-/m1/s1. The second-order valence-electron chi connectivity index (χ2n) is 16.5. The highest BCUT2D eigenvalue weighted by Crippen LogP contribution is 2.78. The van der Waals surface area contributed by atoms with Crippen molar-refractivity contribution in [1.29, 1.82) is 0 Å². The third-order valence-corrected chi connectivity index (χ3v) is 14.3. The molecule has 0 aliphatic heterocycles. The summed E-state index contributed by atoms with van der Waals surface area (Å²) in [5.41, 5.74) is 0.276. The van der Waals surface area contributed by atoms with Crippen molar-refractivity contribution in [2.45, 2.75) is 77.0 Å². The van der Waals surface area contributed by atoms with Crippen LogP contribution in [0, 0.1) is 33.5 Å². The van der Waals surface area contributed by atoms with Gasteiger partial charge in [0.2, 0.25) is 0 Å². The smallest absolute Gasteiger partial charge is 0.322 e. The number of para-hydroxylation sites is 1. The minimum absolute atomic E-state index is 0.0149. The van der Waals surface area contributed by atoms with E-state index in [1.54, 1.807) is 12.0 Å². The van der Waals surface area contributed by atoms with Crippen molar-refractivity contribution >= 4 is 17.5 Å². The molecule has 7 heteroatoms. The molecule has 51 heavy (non-hydrogen) atoms. The number of benzene rings is 3. The van der Waals surface area contributed by atoms with E-state index in [2.05, 4.69) is 37.4 Å². The van der Waals surface area contributed by atoms with Crippen molar-refractivity contribution in [3.63, 3.8) is 0 Å². The molecule has 7 nitrogen and oxygen atoms in total. The van der Waals surface area contributed by atoms with Gasteiger partial charge in [0, 0.05) is 39.6 Å². The molecule has 6 aliphatic carbocycles. The number of nitrogens with one attached hydrogen (secondary N) is 1. The molecule has 0 heterocycles. The summed E-state index contributed by atoms with van der Waals surface area (Å²) in [7, 11) is 1.62. The van der Waals surface area contributed by atoms with E-state index in [-0.39, 0.29) is 35.6 Å². The molecule has 2 amide bonds. The van der Waals surface area contributed by atoms with Crippen LogP contribution in [0.4, 0.5) is 10.5 Å². The molecule has 3 N–H and O–H groups in total. The summed E-state index contributed by atoms with van der Waals surface area (Å²) < 4.78 is 5.41. The van der Waals surface area contributed by atoms with Crippen LogP contribution in [-0.2, 0) is 6.54 Å². The first-order valence-corrected chi connectivity index (χ1v) is 18.6. The molecule has 6 aliphatic rings. The molecular formula is C44H50N2O5. The number of anilines is 1. The van der Waals surface area contributed by atoms with E-state index in [0.717, 1.165) is 43.2 Å². The first kappa shape index (κ1) is 33.9. The maximum Gasteiger partial charge on any atom is 0.322 e.